The van der Waals surface area contributed by atoms with Crippen LogP contribution in [0.4, 0.5) is 5.95 Å². The highest BCUT2D eigenvalue weighted by Gasteiger charge is 2.21. The molecular weight excluding hydrogens is 282 g/mol. The molecule has 1 amide bonds. The largest absolute Gasteiger partial charge is 0.383 e. The third-order valence-corrected chi connectivity index (χ3v) is 3.94. The average molecular weight is 303 g/mol. The number of nitrogens with one attached hydrogen (secondary N) is 1. The van der Waals surface area contributed by atoms with Crippen molar-refractivity contribution in [1.82, 2.24) is 14.9 Å². The molecule has 2 heterocycles. The number of para-hydroxylation sites is 1. The molecule has 3 N–H and O–H groups in total. The Kier molecular flexibility index (Phi) is 4.26. The SMILES string of the molecule is COCCn1c(N2CCNCC2)nc2c(C(N)=O)cccc21. The number of ether oxygens (including phenoxy) is 1. The van der Waals surface area contributed by atoms with Gasteiger partial charge in [0, 0.05) is 39.8 Å². The summed E-state index contributed by atoms with van der Waals surface area (Å²) in [4.78, 5) is 18.6. The van der Waals surface area contributed by atoms with Crippen LogP contribution in [0.15, 0.2) is 18.2 Å². The molecule has 7 nitrogen and oxygen atoms in total. The molecule has 1 aliphatic rings. The molecule has 1 fully saturated rings. The first-order chi connectivity index (χ1) is 10.7. The smallest absolute Gasteiger partial charge is 0.250 e. The molecule has 1 aromatic carbocycles. The molecule has 3 rings (SSSR count). The summed E-state index contributed by atoms with van der Waals surface area (Å²) in [7, 11) is 1.68. The summed E-state index contributed by atoms with van der Waals surface area (Å²) in [6.07, 6.45) is 0. The topological polar surface area (TPSA) is 85.4 Å². The first-order valence-electron chi connectivity index (χ1n) is 7.46. The van der Waals surface area contributed by atoms with Crippen molar-refractivity contribution >= 4 is 22.9 Å². The van der Waals surface area contributed by atoms with Gasteiger partial charge in [0.25, 0.3) is 5.91 Å². The lowest BCUT2D eigenvalue weighted by Crippen LogP contribution is -2.44. The van der Waals surface area contributed by atoms with Crippen molar-refractivity contribution in [2.45, 2.75) is 6.54 Å². The lowest BCUT2D eigenvalue weighted by molar-refractivity contribution is 0.100. The summed E-state index contributed by atoms with van der Waals surface area (Å²) in [5.41, 5.74) is 7.53. The molecular formula is C15H21N5O2. The Balaban J connectivity index is 2.11. The van der Waals surface area contributed by atoms with Gasteiger partial charge in [-0.1, -0.05) is 6.07 Å². The van der Waals surface area contributed by atoms with Crippen LogP contribution in [0.25, 0.3) is 11.0 Å². The van der Waals surface area contributed by atoms with E-state index in [2.05, 4.69) is 14.8 Å². The molecule has 0 saturated carbocycles. The van der Waals surface area contributed by atoms with Gasteiger partial charge in [-0.15, -0.1) is 0 Å². The van der Waals surface area contributed by atoms with E-state index in [1.165, 1.54) is 0 Å². The fourth-order valence-corrected chi connectivity index (χ4v) is 2.84. The number of hydrogen-bond donors (Lipinski definition) is 2. The number of hydrogen-bond acceptors (Lipinski definition) is 5. The standard InChI is InChI=1S/C15H21N5O2/c1-22-10-9-20-12-4-2-3-11(14(16)21)13(12)18-15(20)19-7-5-17-6-8-19/h2-4,17H,5-10H2,1H3,(H2,16,21). The van der Waals surface area contributed by atoms with Crippen LogP contribution in [0.3, 0.4) is 0 Å². The van der Waals surface area contributed by atoms with Crippen LogP contribution in [0.1, 0.15) is 10.4 Å². The number of primary amides is 1. The molecule has 0 atom stereocenters. The highest BCUT2D eigenvalue weighted by Crippen LogP contribution is 2.25. The normalized spacial score (nSPS) is 15.4. The number of amides is 1. The Morgan fingerprint density at radius 1 is 1.41 bits per heavy atom. The second-order valence-electron chi connectivity index (χ2n) is 5.33. The van der Waals surface area contributed by atoms with Crippen molar-refractivity contribution in [3.63, 3.8) is 0 Å². The molecule has 118 valence electrons. The van der Waals surface area contributed by atoms with Gasteiger partial charge < -0.3 is 25.3 Å². The Hall–Kier alpha value is -2.12. The zero-order valence-corrected chi connectivity index (χ0v) is 12.7. The molecule has 1 aliphatic heterocycles. The van der Waals surface area contributed by atoms with Crippen LogP contribution >= 0.6 is 0 Å². The molecule has 22 heavy (non-hydrogen) atoms. The van der Waals surface area contributed by atoms with E-state index in [-0.39, 0.29) is 0 Å². The Labute approximate surface area is 129 Å². The lowest BCUT2D eigenvalue weighted by atomic mass is 10.2. The maximum Gasteiger partial charge on any atom is 0.250 e. The fraction of sp³-hybridized carbons (Fsp3) is 0.467. The minimum atomic E-state index is -0.450. The highest BCUT2D eigenvalue weighted by molar-refractivity contribution is 6.04. The van der Waals surface area contributed by atoms with Crippen molar-refractivity contribution < 1.29 is 9.53 Å². The number of nitrogens with zero attached hydrogens (tertiary/aromatic N) is 3. The molecule has 0 spiro atoms. The molecule has 7 heteroatoms. The number of nitrogens with two attached hydrogens (primary N) is 1. The van der Waals surface area contributed by atoms with E-state index in [1.54, 1.807) is 13.2 Å². The van der Waals surface area contributed by atoms with Gasteiger partial charge in [0.2, 0.25) is 5.95 Å². The highest BCUT2D eigenvalue weighted by atomic mass is 16.5. The van der Waals surface area contributed by atoms with E-state index < -0.39 is 5.91 Å². The molecule has 1 aromatic heterocycles. The van der Waals surface area contributed by atoms with Crippen LogP contribution in [-0.4, -0.2) is 55.4 Å². The van der Waals surface area contributed by atoms with Crippen LogP contribution in [-0.2, 0) is 11.3 Å². The third kappa shape index (κ3) is 2.65. The average Bonchev–Trinajstić information content (AvgIpc) is 2.92. The van der Waals surface area contributed by atoms with E-state index in [9.17, 15) is 4.79 Å². The molecule has 2 aromatic rings. The number of imidazole rings is 1. The maximum atomic E-state index is 11.7. The quantitative estimate of drug-likeness (QED) is 0.823. The minimum Gasteiger partial charge on any atom is -0.383 e. The van der Waals surface area contributed by atoms with Crippen LogP contribution in [0, 0.1) is 0 Å². The molecule has 1 saturated heterocycles. The second-order valence-corrected chi connectivity index (χ2v) is 5.33. The zero-order chi connectivity index (χ0) is 15.5. The second kappa shape index (κ2) is 6.33. The number of benzene rings is 1. The number of fused-ring (bicyclic) bond motifs is 1. The maximum absolute atomic E-state index is 11.7. The molecule has 0 bridgehead atoms. The van der Waals surface area contributed by atoms with Gasteiger partial charge in [0.15, 0.2) is 0 Å². The van der Waals surface area contributed by atoms with Gasteiger partial charge in [0.1, 0.15) is 5.52 Å². The first kappa shape index (κ1) is 14.8. The molecule has 0 unspecified atom stereocenters. The van der Waals surface area contributed by atoms with Gasteiger partial charge in [-0.05, 0) is 12.1 Å². The lowest BCUT2D eigenvalue weighted by Gasteiger charge is -2.28. The van der Waals surface area contributed by atoms with E-state index in [4.69, 9.17) is 15.5 Å². The number of carbonyl (C=O) groups excluding carboxylic acids is 1. The molecule has 0 radical (unpaired) electrons. The van der Waals surface area contributed by atoms with E-state index >= 15 is 0 Å². The monoisotopic (exact) mass is 303 g/mol. The van der Waals surface area contributed by atoms with Crippen LogP contribution in [0.5, 0.6) is 0 Å². The number of carbonyl (C=O) groups is 1. The van der Waals surface area contributed by atoms with Crippen molar-refractivity contribution in [2.24, 2.45) is 5.73 Å². The van der Waals surface area contributed by atoms with E-state index in [0.29, 0.717) is 24.2 Å². The van der Waals surface area contributed by atoms with Gasteiger partial charge in [-0.3, -0.25) is 4.79 Å². The summed E-state index contributed by atoms with van der Waals surface area (Å²) in [6.45, 7) is 4.91. The van der Waals surface area contributed by atoms with Gasteiger partial charge in [0.05, 0.1) is 17.7 Å². The predicted octanol–water partition coefficient (Wildman–Crippen LogP) is 0.191. The molecule has 0 aliphatic carbocycles. The number of methoxy groups -OCH3 is 1. The fourth-order valence-electron chi connectivity index (χ4n) is 2.84. The minimum absolute atomic E-state index is 0.450. The van der Waals surface area contributed by atoms with E-state index in [0.717, 1.165) is 37.6 Å². The van der Waals surface area contributed by atoms with Gasteiger partial charge >= 0.3 is 0 Å². The Morgan fingerprint density at radius 3 is 2.86 bits per heavy atom. The third-order valence-electron chi connectivity index (χ3n) is 3.94. The number of piperazine rings is 1. The number of rotatable bonds is 5. The zero-order valence-electron chi connectivity index (χ0n) is 12.7. The van der Waals surface area contributed by atoms with Gasteiger partial charge in [-0.25, -0.2) is 4.98 Å². The summed E-state index contributed by atoms with van der Waals surface area (Å²) < 4.78 is 7.32. The summed E-state index contributed by atoms with van der Waals surface area (Å²) in [5.74, 6) is 0.427. The van der Waals surface area contributed by atoms with Crippen LogP contribution in [0.2, 0.25) is 0 Å². The van der Waals surface area contributed by atoms with Gasteiger partial charge in [-0.2, -0.15) is 0 Å². The first-order valence-corrected chi connectivity index (χ1v) is 7.46. The summed E-state index contributed by atoms with van der Waals surface area (Å²) in [5, 5.41) is 3.33. The Bertz CT molecular complexity index is 676. The van der Waals surface area contributed by atoms with Crippen molar-refractivity contribution in [2.75, 3.05) is 44.8 Å². The van der Waals surface area contributed by atoms with Crippen molar-refractivity contribution in [3.8, 4) is 0 Å². The summed E-state index contributed by atoms with van der Waals surface area (Å²) in [6, 6.07) is 5.53. The van der Waals surface area contributed by atoms with E-state index in [1.807, 2.05) is 12.1 Å². The van der Waals surface area contributed by atoms with Crippen molar-refractivity contribution in [1.29, 1.82) is 0 Å². The van der Waals surface area contributed by atoms with Crippen molar-refractivity contribution in [3.05, 3.63) is 23.8 Å². The predicted molar refractivity (Wildman–Crippen MR) is 85.2 cm³/mol. The number of anilines is 1. The van der Waals surface area contributed by atoms with Crippen LogP contribution < -0.4 is 16.0 Å². The summed E-state index contributed by atoms with van der Waals surface area (Å²) >= 11 is 0. The Morgan fingerprint density at radius 2 is 2.18 bits per heavy atom. The number of aromatic nitrogens is 2.